The number of non-ortho nitro benzene ring substituents is 1. The molecule has 2 aromatic rings. The molecule has 0 bridgehead atoms. The van der Waals surface area contributed by atoms with Gasteiger partial charge < -0.3 is 14.8 Å². The van der Waals surface area contributed by atoms with Gasteiger partial charge in [-0.15, -0.1) is 0 Å². The number of esters is 1. The fourth-order valence-electron chi connectivity index (χ4n) is 3.89. The number of rotatable bonds is 9. The number of halogens is 1. The summed E-state index contributed by atoms with van der Waals surface area (Å²) in [5.74, 6) is -1.91. The monoisotopic (exact) mass is 582 g/mol. The van der Waals surface area contributed by atoms with Gasteiger partial charge in [0.25, 0.3) is 21.6 Å². The summed E-state index contributed by atoms with van der Waals surface area (Å²) < 4.78 is 38.5. The van der Waals surface area contributed by atoms with Crippen LogP contribution in [0.3, 0.4) is 0 Å². The van der Waals surface area contributed by atoms with Crippen molar-refractivity contribution >= 4 is 50.9 Å². The topological polar surface area (TPSA) is 183 Å². The van der Waals surface area contributed by atoms with E-state index in [2.05, 4.69) is 15.4 Å². The third kappa shape index (κ3) is 7.80. The van der Waals surface area contributed by atoms with Gasteiger partial charge in [-0.1, -0.05) is 30.9 Å². The molecule has 0 radical (unpaired) electrons. The van der Waals surface area contributed by atoms with Gasteiger partial charge in [-0.25, -0.2) is 18.0 Å². The molecule has 1 aliphatic rings. The van der Waals surface area contributed by atoms with E-state index in [1.54, 1.807) is 0 Å². The van der Waals surface area contributed by atoms with Crippen LogP contribution in [0.4, 0.5) is 16.2 Å². The minimum absolute atomic E-state index is 0.00298. The van der Waals surface area contributed by atoms with Gasteiger partial charge in [0.05, 0.1) is 28.3 Å². The molecule has 2 aromatic carbocycles. The summed E-state index contributed by atoms with van der Waals surface area (Å²) in [5.41, 5.74) is -0.874. The van der Waals surface area contributed by atoms with Crippen LogP contribution in [0.15, 0.2) is 41.3 Å². The largest absolute Gasteiger partial charge is 0.495 e. The standard InChI is InChI=1S/C24H27ClN4O9S/c1-14(22(30)27-24(32)26-16-6-4-3-5-7-16)38-23(31)15-8-10-18(25)21(12-15)39(35,36)28-19-13-17(29(33)34)9-11-20(19)37-2/h8-14,16,28H,3-7H2,1-2H3,(H2,26,27,30,32)/t14-/m1/s1. The number of hydrogen-bond donors (Lipinski definition) is 3. The second-order valence-electron chi connectivity index (χ2n) is 8.74. The maximum atomic E-state index is 13.1. The predicted molar refractivity (Wildman–Crippen MR) is 140 cm³/mol. The second kappa shape index (κ2) is 12.8. The molecule has 3 rings (SSSR count). The fourth-order valence-corrected chi connectivity index (χ4v) is 5.48. The van der Waals surface area contributed by atoms with Crippen molar-refractivity contribution in [3.63, 3.8) is 0 Å². The summed E-state index contributed by atoms with van der Waals surface area (Å²) in [6.07, 6.45) is 3.32. The molecule has 3 N–H and O–H groups in total. The van der Waals surface area contributed by atoms with Gasteiger partial charge in [-0.3, -0.25) is 24.9 Å². The van der Waals surface area contributed by atoms with Crippen molar-refractivity contribution in [3.05, 3.63) is 57.1 Å². The molecule has 15 heteroatoms. The number of imide groups is 1. The summed E-state index contributed by atoms with van der Waals surface area (Å²) >= 11 is 6.08. The molecule has 1 aliphatic carbocycles. The number of methoxy groups -OCH3 is 1. The van der Waals surface area contributed by atoms with Gasteiger partial charge in [0.2, 0.25) is 0 Å². The second-order valence-corrected chi connectivity index (χ2v) is 10.8. The van der Waals surface area contributed by atoms with Crippen molar-refractivity contribution in [3.8, 4) is 5.75 Å². The number of carbonyl (C=O) groups is 3. The van der Waals surface area contributed by atoms with E-state index in [-0.39, 0.29) is 28.1 Å². The molecular weight excluding hydrogens is 556 g/mol. The highest BCUT2D eigenvalue weighted by molar-refractivity contribution is 7.92. The average Bonchev–Trinajstić information content (AvgIpc) is 2.88. The first-order chi connectivity index (χ1) is 18.4. The quantitative estimate of drug-likeness (QED) is 0.225. The number of anilines is 1. The Morgan fingerprint density at radius 3 is 2.44 bits per heavy atom. The maximum Gasteiger partial charge on any atom is 0.338 e. The van der Waals surface area contributed by atoms with E-state index < -0.39 is 49.5 Å². The highest BCUT2D eigenvalue weighted by atomic mass is 35.5. The molecule has 1 fully saturated rings. The first-order valence-electron chi connectivity index (χ1n) is 11.9. The lowest BCUT2D eigenvalue weighted by atomic mass is 9.96. The Labute approximate surface area is 229 Å². The molecule has 3 amide bonds. The van der Waals surface area contributed by atoms with Gasteiger partial charge in [-0.2, -0.15) is 0 Å². The van der Waals surface area contributed by atoms with Gasteiger partial charge >= 0.3 is 12.0 Å². The lowest BCUT2D eigenvalue weighted by Crippen LogP contribution is -2.48. The Morgan fingerprint density at radius 2 is 1.79 bits per heavy atom. The maximum absolute atomic E-state index is 13.1. The Morgan fingerprint density at radius 1 is 1.10 bits per heavy atom. The van der Waals surface area contributed by atoms with Crippen molar-refractivity contribution in [2.75, 3.05) is 11.8 Å². The molecule has 1 saturated carbocycles. The number of benzene rings is 2. The van der Waals surface area contributed by atoms with E-state index in [9.17, 15) is 32.9 Å². The number of sulfonamides is 1. The third-order valence-electron chi connectivity index (χ3n) is 5.92. The van der Waals surface area contributed by atoms with Crippen LogP contribution in [0, 0.1) is 10.1 Å². The zero-order valence-corrected chi connectivity index (χ0v) is 22.6. The van der Waals surface area contributed by atoms with Crippen molar-refractivity contribution in [2.45, 2.75) is 56.1 Å². The van der Waals surface area contributed by atoms with Gasteiger partial charge in [0.1, 0.15) is 10.6 Å². The zero-order chi connectivity index (χ0) is 28.7. The first-order valence-corrected chi connectivity index (χ1v) is 13.7. The summed E-state index contributed by atoms with van der Waals surface area (Å²) in [4.78, 5) is 47.0. The first kappa shape index (κ1) is 29.6. The molecule has 0 unspecified atom stereocenters. The lowest BCUT2D eigenvalue weighted by molar-refractivity contribution is -0.384. The van der Waals surface area contributed by atoms with Gasteiger partial charge in [0, 0.05) is 18.2 Å². The molecule has 1 atom stereocenters. The molecule has 0 spiro atoms. The van der Waals surface area contributed by atoms with Crippen LogP contribution in [0.25, 0.3) is 0 Å². The normalized spacial score (nSPS) is 14.5. The summed E-state index contributed by atoms with van der Waals surface area (Å²) in [5, 5.41) is 15.7. The number of amides is 3. The molecule has 0 saturated heterocycles. The molecule has 210 valence electrons. The van der Waals surface area contributed by atoms with E-state index in [4.69, 9.17) is 21.1 Å². The smallest absolute Gasteiger partial charge is 0.338 e. The number of ether oxygens (including phenoxy) is 2. The number of nitro benzene ring substituents is 1. The highest BCUT2D eigenvalue weighted by Gasteiger charge is 2.26. The number of carbonyl (C=O) groups excluding carboxylic acids is 3. The van der Waals surface area contributed by atoms with Crippen LogP contribution in [0.2, 0.25) is 5.02 Å². The molecule has 13 nitrogen and oxygen atoms in total. The van der Waals surface area contributed by atoms with Crippen LogP contribution >= 0.6 is 11.6 Å². The van der Waals surface area contributed by atoms with Crippen LogP contribution in [-0.2, 0) is 19.6 Å². The average molecular weight is 583 g/mol. The van der Waals surface area contributed by atoms with Crippen molar-refractivity contribution in [2.24, 2.45) is 0 Å². The Balaban J connectivity index is 1.71. The molecular formula is C24H27ClN4O9S. The Bertz CT molecular complexity index is 1380. The van der Waals surface area contributed by atoms with E-state index in [1.165, 1.54) is 26.2 Å². The van der Waals surface area contributed by atoms with Crippen molar-refractivity contribution < 1.29 is 37.2 Å². The number of hydrogen-bond acceptors (Lipinski definition) is 9. The summed E-state index contributed by atoms with van der Waals surface area (Å²) in [6, 6.07) is 5.85. The molecule has 39 heavy (non-hydrogen) atoms. The van der Waals surface area contributed by atoms with Crippen molar-refractivity contribution in [1.29, 1.82) is 0 Å². The lowest BCUT2D eigenvalue weighted by Gasteiger charge is -2.23. The number of nitro groups is 1. The molecule has 0 heterocycles. The number of nitrogens with one attached hydrogen (secondary N) is 3. The third-order valence-corrected chi connectivity index (χ3v) is 7.77. The predicted octanol–water partition coefficient (Wildman–Crippen LogP) is 3.76. The van der Waals surface area contributed by atoms with Gasteiger partial charge in [-0.05, 0) is 44.0 Å². The highest BCUT2D eigenvalue weighted by Crippen LogP contribution is 2.32. The van der Waals surface area contributed by atoms with E-state index in [0.717, 1.165) is 56.4 Å². The molecule has 0 aromatic heterocycles. The number of urea groups is 1. The SMILES string of the molecule is COc1ccc([N+](=O)[O-])cc1NS(=O)(=O)c1cc(C(=O)O[C@H](C)C(=O)NC(=O)NC2CCCCC2)ccc1Cl. The summed E-state index contributed by atoms with van der Waals surface area (Å²) in [6.45, 7) is 1.25. The minimum atomic E-state index is -4.47. The molecule has 0 aliphatic heterocycles. The van der Waals surface area contributed by atoms with Crippen LogP contribution in [0.5, 0.6) is 5.75 Å². The van der Waals surface area contributed by atoms with E-state index >= 15 is 0 Å². The van der Waals surface area contributed by atoms with E-state index in [0.29, 0.717) is 0 Å². The fraction of sp³-hybridized carbons (Fsp3) is 0.375. The minimum Gasteiger partial charge on any atom is -0.495 e. The van der Waals surface area contributed by atoms with Crippen LogP contribution in [0.1, 0.15) is 49.4 Å². The Kier molecular flexibility index (Phi) is 9.70. The number of nitrogens with zero attached hydrogens (tertiary/aromatic N) is 1. The van der Waals surface area contributed by atoms with Crippen molar-refractivity contribution in [1.82, 2.24) is 10.6 Å². The van der Waals surface area contributed by atoms with E-state index in [1.807, 2.05) is 0 Å². The zero-order valence-electron chi connectivity index (χ0n) is 21.1. The summed E-state index contributed by atoms with van der Waals surface area (Å²) in [7, 11) is -3.22. The van der Waals surface area contributed by atoms with Crippen LogP contribution in [-0.4, -0.2) is 50.5 Å². The Hall–Kier alpha value is -3.91. The van der Waals surface area contributed by atoms with Crippen LogP contribution < -0.4 is 20.1 Å². The van der Waals surface area contributed by atoms with Gasteiger partial charge in [0.15, 0.2) is 6.10 Å².